The van der Waals surface area contributed by atoms with Crippen LogP contribution in [0.15, 0.2) is 36.4 Å². The number of carbonyl (C=O) groups is 3. The molecule has 2 N–H and O–H groups in total. The SMILES string of the molecule is COc1ccc2c(c1)CC(C(=O)N1CCN(C(=O)C(C)(C)O)CC1)Cn1c-2c(C2CCCCC2)c2ccc(C(=O)NS(=O)(=O)N(C)C)cc21. The van der Waals surface area contributed by atoms with Crippen molar-refractivity contribution in [3.05, 3.63) is 53.1 Å². The van der Waals surface area contributed by atoms with Gasteiger partial charge in [-0.05, 0) is 80.5 Å². The smallest absolute Gasteiger partial charge is 0.303 e. The van der Waals surface area contributed by atoms with E-state index < -0.39 is 27.6 Å². The van der Waals surface area contributed by atoms with E-state index in [-0.39, 0.29) is 17.4 Å². The third-order valence-electron chi connectivity index (χ3n) is 10.3. The van der Waals surface area contributed by atoms with Crippen LogP contribution in [0.25, 0.3) is 22.2 Å². The quantitative estimate of drug-likeness (QED) is 0.386. The Labute approximate surface area is 288 Å². The van der Waals surface area contributed by atoms with Crippen molar-refractivity contribution in [2.24, 2.45) is 5.92 Å². The lowest BCUT2D eigenvalue weighted by molar-refractivity contribution is -0.152. The molecule has 3 heterocycles. The summed E-state index contributed by atoms with van der Waals surface area (Å²) < 4.78 is 36.0. The number of methoxy groups -OCH3 is 1. The summed E-state index contributed by atoms with van der Waals surface area (Å²) in [4.78, 5) is 43.8. The lowest BCUT2D eigenvalue weighted by Gasteiger charge is -2.38. The third kappa shape index (κ3) is 6.80. The molecule has 12 nitrogen and oxygen atoms in total. The van der Waals surface area contributed by atoms with Crippen LogP contribution < -0.4 is 9.46 Å². The molecule has 13 heteroatoms. The second kappa shape index (κ2) is 13.4. The monoisotopic (exact) mass is 693 g/mol. The molecular weight excluding hydrogens is 646 g/mol. The van der Waals surface area contributed by atoms with Crippen LogP contribution in [0.3, 0.4) is 0 Å². The van der Waals surface area contributed by atoms with Crippen LogP contribution >= 0.6 is 0 Å². The van der Waals surface area contributed by atoms with E-state index in [4.69, 9.17) is 4.74 Å². The van der Waals surface area contributed by atoms with Gasteiger partial charge in [-0.3, -0.25) is 14.4 Å². The maximum absolute atomic E-state index is 14.4. The Hall–Kier alpha value is -3.94. The number of aromatic nitrogens is 1. The molecule has 2 aliphatic heterocycles. The van der Waals surface area contributed by atoms with Crippen LogP contribution in [0.1, 0.15) is 73.4 Å². The number of nitrogens with one attached hydrogen (secondary N) is 1. The third-order valence-corrected chi connectivity index (χ3v) is 11.7. The largest absolute Gasteiger partial charge is 0.497 e. The molecule has 6 rings (SSSR count). The van der Waals surface area contributed by atoms with E-state index in [1.807, 2.05) is 23.1 Å². The summed E-state index contributed by atoms with van der Waals surface area (Å²) in [5.41, 5.74) is 3.78. The molecule has 1 aromatic heterocycles. The van der Waals surface area contributed by atoms with Gasteiger partial charge in [0.05, 0.1) is 18.7 Å². The fourth-order valence-electron chi connectivity index (χ4n) is 7.66. The highest BCUT2D eigenvalue weighted by atomic mass is 32.2. The first kappa shape index (κ1) is 34.9. The van der Waals surface area contributed by atoms with E-state index in [1.54, 1.807) is 24.1 Å². The maximum Gasteiger partial charge on any atom is 0.303 e. The van der Waals surface area contributed by atoms with E-state index in [9.17, 15) is 27.9 Å². The molecule has 0 spiro atoms. The number of hydrogen-bond acceptors (Lipinski definition) is 7. The Morgan fingerprint density at radius 3 is 2.27 bits per heavy atom. The second-order valence-electron chi connectivity index (χ2n) is 14.3. The summed E-state index contributed by atoms with van der Waals surface area (Å²) in [6.07, 6.45) is 5.99. The molecule has 1 atom stereocenters. The fraction of sp³-hybridized carbons (Fsp3) is 0.528. The van der Waals surface area contributed by atoms with Gasteiger partial charge in [0.1, 0.15) is 11.4 Å². The van der Waals surface area contributed by atoms with Gasteiger partial charge >= 0.3 is 10.2 Å². The highest BCUT2D eigenvalue weighted by Crippen LogP contribution is 2.47. The molecule has 3 amide bonds. The number of nitrogens with zero attached hydrogens (tertiary/aromatic N) is 4. The van der Waals surface area contributed by atoms with Crippen molar-refractivity contribution in [3.8, 4) is 17.0 Å². The molecule has 1 saturated carbocycles. The van der Waals surface area contributed by atoms with Gasteiger partial charge in [0.15, 0.2) is 0 Å². The minimum Gasteiger partial charge on any atom is -0.497 e. The summed E-state index contributed by atoms with van der Waals surface area (Å²) in [5.74, 6) is -0.560. The number of benzene rings is 2. The van der Waals surface area contributed by atoms with Gasteiger partial charge in [0.25, 0.3) is 11.8 Å². The average molecular weight is 694 g/mol. The molecule has 0 radical (unpaired) electrons. The molecule has 1 unspecified atom stereocenters. The molecule has 1 saturated heterocycles. The molecule has 3 aromatic rings. The van der Waals surface area contributed by atoms with E-state index in [1.165, 1.54) is 39.9 Å². The summed E-state index contributed by atoms with van der Waals surface area (Å²) in [6, 6.07) is 11.4. The maximum atomic E-state index is 14.4. The van der Waals surface area contributed by atoms with Gasteiger partial charge in [-0.1, -0.05) is 25.3 Å². The topological polar surface area (TPSA) is 141 Å². The number of fused-ring (bicyclic) bond motifs is 5. The molecule has 3 aliphatic rings. The highest BCUT2D eigenvalue weighted by molar-refractivity contribution is 7.87. The number of rotatable bonds is 7. The Balaban J connectivity index is 1.45. The van der Waals surface area contributed by atoms with Crippen molar-refractivity contribution in [1.29, 1.82) is 0 Å². The summed E-state index contributed by atoms with van der Waals surface area (Å²) in [5, 5.41) is 11.3. The normalized spacial score (nSPS) is 19.0. The minimum absolute atomic E-state index is 0.0241. The van der Waals surface area contributed by atoms with Crippen molar-refractivity contribution in [3.63, 3.8) is 0 Å². The molecule has 2 aromatic carbocycles. The van der Waals surface area contributed by atoms with Gasteiger partial charge < -0.3 is 24.2 Å². The van der Waals surface area contributed by atoms with Crippen molar-refractivity contribution in [1.82, 2.24) is 23.4 Å². The summed E-state index contributed by atoms with van der Waals surface area (Å²) in [7, 11) is 0.340. The molecule has 49 heavy (non-hydrogen) atoms. The minimum atomic E-state index is -4.00. The molecule has 2 fully saturated rings. The first-order valence-electron chi connectivity index (χ1n) is 17.1. The molecular formula is C36H47N5O7S. The van der Waals surface area contributed by atoms with Crippen LogP contribution in [-0.2, 0) is 32.8 Å². The Morgan fingerprint density at radius 1 is 0.959 bits per heavy atom. The number of piperazine rings is 1. The van der Waals surface area contributed by atoms with E-state index in [0.29, 0.717) is 50.8 Å². The zero-order valence-electron chi connectivity index (χ0n) is 29.0. The van der Waals surface area contributed by atoms with Crippen molar-refractivity contribution in [2.45, 2.75) is 70.4 Å². The van der Waals surface area contributed by atoms with Crippen molar-refractivity contribution < 1.29 is 32.6 Å². The van der Waals surface area contributed by atoms with E-state index in [0.717, 1.165) is 57.7 Å². The average Bonchev–Trinajstić information content (AvgIpc) is 3.29. The first-order valence-corrected chi connectivity index (χ1v) is 18.5. The van der Waals surface area contributed by atoms with Crippen LogP contribution in [0, 0.1) is 5.92 Å². The van der Waals surface area contributed by atoms with Gasteiger partial charge in [-0.15, -0.1) is 0 Å². The predicted molar refractivity (Wildman–Crippen MR) is 186 cm³/mol. The number of carbonyl (C=O) groups excluding carboxylic acids is 3. The van der Waals surface area contributed by atoms with Gasteiger partial charge in [0.2, 0.25) is 5.91 Å². The molecule has 0 bridgehead atoms. The number of amides is 3. The second-order valence-corrected chi connectivity index (χ2v) is 16.1. The van der Waals surface area contributed by atoms with Gasteiger partial charge in [-0.25, -0.2) is 4.72 Å². The fourth-order valence-corrected chi connectivity index (χ4v) is 8.19. The number of aliphatic hydroxyl groups is 1. The Morgan fingerprint density at radius 2 is 1.63 bits per heavy atom. The van der Waals surface area contributed by atoms with Gasteiger partial charge in [-0.2, -0.15) is 12.7 Å². The lowest BCUT2D eigenvalue weighted by Crippen LogP contribution is -2.56. The van der Waals surface area contributed by atoms with Crippen LogP contribution in [-0.4, -0.2) is 103 Å². The summed E-state index contributed by atoms with van der Waals surface area (Å²) in [6.45, 7) is 4.70. The lowest BCUT2D eigenvalue weighted by atomic mass is 9.81. The number of hydrogen-bond donors (Lipinski definition) is 2. The van der Waals surface area contributed by atoms with Crippen LogP contribution in [0.5, 0.6) is 5.75 Å². The standard InChI is InChI=1S/C36H47N5O7S/c1-36(2,45)35(44)40-17-15-39(16-18-40)34(43)26-19-25-20-27(48-5)12-14-28(25)32-31(23-9-7-6-8-10-23)29-13-11-24(21-30(29)41(32)22-26)33(42)37-49(46,47)38(3)4/h11-14,20-21,23,26,45H,6-10,15-19,22H2,1-5H3,(H,37,42). The summed E-state index contributed by atoms with van der Waals surface area (Å²) >= 11 is 0. The first-order chi connectivity index (χ1) is 23.2. The van der Waals surface area contributed by atoms with E-state index in [2.05, 4.69) is 15.4 Å². The Kier molecular flexibility index (Phi) is 9.55. The zero-order chi connectivity index (χ0) is 35.2. The molecule has 1 aliphatic carbocycles. The zero-order valence-corrected chi connectivity index (χ0v) is 29.8. The van der Waals surface area contributed by atoms with E-state index >= 15 is 0 Å². The predicted octanol–water partition coefficient (Wildman–Crippen LogP) is 3.51. The van der Waals surface area contributed by atoms with Gasteiger partial charge in [0, 0.05) is 68.8 Å². The highest BCUT2D eigenvalue weighted by Gasteiger charge is 2.37. The van der Waals surface area contributed by atoms with Crippen LogP contribution in [0.2, 0.25) is 0 Å². The Bertz CT molecular complexity index is 1880. The molecule has 264 valence electrons. The van der Waals surface area contributed by atoms with Crippen molar-refractivity contribution in [2.75, 3.05) is 47.4 Å². The van der Waals surface area contributed by atoms with Crippen molar-refractivity contribution >= 4 is 38.8 Å². The van der Waals surface area contributed by atoms with Crippen LogP contribution in [0.4, 0.5) is 0 Å². The number of ether oxygens (including phenoxy) is 1.